The van der Waals surface area contributed by atoms with Crippen LogP contribution >= 0.6 is 11.6 Å². The van der Waals surface area contributed by atoms with E-state index in [1.807, 2.05) is 53.2 Å². The molecule has 2 N–H and O–H groups in total. The molecule has 1 aliphatic heterocycles. The number of nitrogens with one attached hydrogen (secondary N) is 2. The lowest BCUT2D eigenvalue weighted by molar-refractivity contribution is 0.0775. The van der Waals surface area contributed by atoms with Crippen molar-refractivity contribution in [3.05, 3.63) is 89.0 Å². The minimum atomic E-state index is -2.87. The summed E-state index contributed by atoms with van der Waals surface area (Å²) in [5, 5.41) is 12.9. The second-order valence-corrected chi connectivity index (χ2v) is 15.2. The summed E-state index contributed by atoms with van der Waals surface area (Å²) in [5.74, 6) is 0.957. The molecule has 0 unspecified atom stereocenters. The lowest BCUT2D eigenvalue weighted by Gasteiger charge is -2.31. The summed E-state index contributed by atoms with van der Waals surface area (Å²) < 4.78 is 47.5. The lowest BCUT2D eigenvalue weighted by atomic mass is 9.94. The Balaban J connectivity index is 1.09. The van der Waals surface area contributed by atoms with Crippen molar-refractivity contribution in [3.8, 4) is 28.3 Å². The fourth-order valence-electron chi connectivity index (χ4n) is 8.16. The highest BCUT2D eigenvalue weighted by molar-refractivity contribution is 6.36. The molecule has 57 heavy (non-hydrogen) atoms. The molecule has 0 radical (unpaired) electrons. The summed E-state index contributed by atoms with van der Waals surface area (Å²) in [6.07, 6.45) is 8.67. The molecule has 6 aromatic rings. The number of fused-ring (bicyclic) bond motifs is 2. The van der Waals surface area contributed by atoms with Crippen LogP contribution in [0.2, 0.25) is 5.02 Å². The minimum Gasteiger partial charge on any atom is -0.496 e. The third-order valence-electron chi connectivity index (χ3n) is 11.2. The molecular formula is C43H47ClF2N8O3. The van der Waals surface area contributed by atoms with Crippen molar-refractivity contribution >= 4 is 45.0 Å². The van der Waals surface area contributed by atoms with Gasteiger partial charge in [0.2, 0.25) is 0 Å². The molecule has 3 aromatic carbocycles. The zero-order valence-corrected chi connectivity index (χ0v) is 33.2. The number of ether oxygens (including phenoxy) is 3. The Morgan fingerprint density at radius 1 is 0.930 bits per heavy atom. The summed E-state index contributed by atoms with van der Waals surface area (Å²) >= 11 is 7.16. The van der Waals surface area contributed by atoms with Gasteiger partial charge < -0.3 is 24.8 Å². The van der Waals surface area contributed by atoms with Crippen molar-refractivity contribution in [3.63, 3.8) is 0 Å². The van der Waals surface area contributed by atoms with E-state index in [1.165, 1.54) is 19.3 Å². The van der Waals surface area contributed by atoms with Gasteiger partial charge >= 0.3 is 0 Å². The number of rotatable bonds is 13. The van der Waals surface area contributed by atoms with Crippen molar-refractivity contribution in [2.45, 2.75) is 76.5 Å². The molecule has 0 amide bonds. The summed E-state index contributed by atoms with van der Waals surface area (Å²) in [6.45, 7) is 2.75. The molecule has 0 atom stereocenters. The van der Waals surface area contributed by atoms with Crippen LogP contribution < -0.4 is 20.1 Å². The third-order valence-corrected chi connectivity index (χ3v) is 11.6. The maximum Gasteiger partial charge on any atom is 0.297 e. The molecule has 1 aliphatic carbocycles. The van der Waals surface area contributed by atoms with E-state index in [1.54, 1.807) is 32.7 Å². The third kappa shape index (κ3) is 8.25. The van der Waals surface area contributed by atoms with Gasteiger partial charge in [-0.25, -0.2) is 23.4 Å². The second-order valence-electron chi connectivity index (χ2n) is 14.8. The average molecular weight is 797 g/mol. The Morgan fingerprint density at radius 3 is 2.40 bits per heavy atom. The van der Waals surface area contributed by atoms with Crippen LogP contribution in [-0.4, -0.2) is 76.2 Å². The minimum absolute atomic E-state index is 0.155. The Morgan fingerprint density at radius 2 is 1.67 bits per heavy atom. The number of hydrogen-bond acceptors (Lipinski definition) is 10. The number of aromatic nitrogens is 5. The van der Waals surface area contributed by atoms with Gasteiger partial charge in [-0.15, -0.1) is 0 Å². The Bertz CT molecular complexity index is 2340. The molecule has 3 aromatic heterocycles. The van der Waals surface area contributed by atoms with Crippen LogP contribution in [-0.2, 0) is 17.8 Å². The SMILES string of the molecule is COc1cc(-n2ncc3c(-c4cccc(Nc5nc(C(F)F)nc6cc(CN(C)C7CCCCC7)cnc56)c4Cl)cccc32)cc(OC)c1CNC1CCOCC1. The molecule has 2 aliphatic rings. The van der Waals surface area contributed by atoms with E-state index in [4.69, 9.17) is 30.9 Å². The molecule has 8 rings (SSSR count). The first-order chi connectivity index (χ1) is 27.8. The van der Waals surface area contributed by atoms with Crippen LogP contribution in [0.1, 0.15) is 68.3 Å². The first kappa shape index (κ1) is 38.9. The average Bonchev–Trinajstić information content (AvgIpc) is 3.68. The zero-order valence-electron chi connectivity index (χ0n) is 32.4. The van der Waals surface area contributed by atoms with Crippen LogP contribution in [0, 0.1) is 0 Å². The highest BCUT2D eigenvalue weighted by atomic mass is 35.5. The van der Waals surface area contributed by atoms with E-state index in [0.29, 0.717) is 58.4 Å². The zero-order chi connectivity index (χ0) is 39.5. The van der Waals surface area contributed by atoms with Crippen molar-refractivity contribution in [1.29, 1.82) is 0 Å². The van der Waals surface area contributed by atoms with Crippen molar-refractivity contribution in [2.24, 2.45) is 0 Å². The fourth-order valence-corrected chi connectivity index (χ4v) is 8.43. The number of hydrogen-bond donors (Lipinski definition) is 2. The molecule has 11 nitrogen and oxygen atoms in total. The fraction of sp³-hybridized carbons (Fsp3) is 0.395. The maximum atomic E-state index is 14.2. The van der Waals surface area contributed by atoms with Gasteiger partial charge in [-0.1, -0.05) is 55.1 Å². The Labute approximate surface area is 335 Å². The molecule has 2 fully saturated rings. The number of pyridine rings is 1. The topological polar surface area (TPSA) is 111 Å². The molecule has 14 heteroatoms. The highest BCUT2D eigenvalue weighted by Crippen LogP contribution is 2.40. The van der Waals surface area contributed by atoms with Gasteiger partial charge in [0.15, 0.2) is 11.6 Å². The number of benzene rings is 3. The molecule has 298 valence electrons. The first-order valence-electron chi connectivity index (χ1n) is 19.5. The van der Waals surface area contributed by atoms with Gasteiger partial charge in [0.05, 0.1) is 53.4 Å². The predicted octanol–water partition coefficient (Wildman–Crippen LogP) is 9.42. The van der Waals surface area contributed by atoms with E-state index >= 15 is 0 Å². The van der Waals surface area contributed by atoms with Gasteiger partial charge in [-0.05, 0) is 62.1 Å². The van der Waals surface area contributed by atoms with E-state index in [2.05, 4.69) is 37.5 Å². The number of anilines is 2. The molecular weight excluding hydrogens is 750 g/mol. The van der Waals surface area contributed by atoms with Gasteiger partial charge in [0.1, 0.15) is 17.0 Å². The lowest BCUT2D eigenvalue weighted by Crippen LogP contribution is -2.34. The van der Waals surface area contributed by atoms with Crippen molar-refractivity contribution in [2.75, 3.05) is 39.8 Å². The Hall–Kier alpha value is -4.95. The second kappa shape index (κ2) is 17.3. The summed E-state index contributed by atoms with van der Waals surface area (Å²) in [7, 11) is 5.42. The molecule has 1 saturated heterocycles. The predicted molar refractivity (Wildman–Crippen MR) is 219 cm³/mol. The monoisotopic (exact) mass is 796 g/mol. The van der Waals surface area contributed by atoms with Gasteiger partial charge in [0, 0.05) is 67.7 Å². The standard InChI is InChI=1S/C43H47ClF2N8O3/c1-53(28-9-5-4-6-10-28)25-26-19-35-40(48-22-26)42(52-43(51-35)41(45)46)50-34-13-7-12-31(39(34)44)30-11-8-14-36-32(30)24-49-54(36)29-20-37(55-2)33(38(21-29)56-3)23-47-27-15-17-57-18-16-27/h7-8,11-14,19-22,24,27-28,41,47H,4-6,9-10,15-18,23,25H2,1-3H3,(H,50,51,52). The van der Waals surface area contributed by atoms with Crippen LogP contribution in [0.5, 0.6) is 11.5 Å². The van der Waals surface area contributed by atoms with Crippen LogP contribution in [0.4, 0.5) is 20.3 Å². The quantitative estimate of drug-likeness (QED) is 0.117. The number of alkyl halides is 2. The Kier molecular flexibility index (Phi) is 11.8. The van der Waals surface area contributed by atoms with Crippen molar-refractivity contribution < 1.29 is 23.0 Å². The van der Waals surface area contributed by atoms with Crippen LogP contribution in [0.3, 0.4) is 0 Å². The first-order valence-corrected chi connectivity index (χ1v) is 19.9. The summed E-state index contributed by atoms with van der Waals surface area (Å²) in [6, 6.07) is 18.1. The van der Waals surface area contributed by atoms with Crippen LogP contribution in [0.25, 0.3) is 38.8 Å². The number of nitrogens with zero attached hydrogens (tertiary/aromatic N) is 6. The van der Waals surface area contributed by atoms with E-state index in [-0.39, 0.29) is 5.82 Å². The van der Waals surface area contributed by atoms with E-state index in [0.717, 1.165) is 77.7 Å². The molecule has 1 saturated carbocycles. The normalized spacial score (nSPS) is 15.6. The maximum absolute atomic E-state index is 14.2. The van der Waals surface area contributed by atoms with E-state index < -0.39 is 12.2 Å². The molecule has 0 spiro atoms. The number of halogens is 3. The summed E-state index contributed by atoms with van der Waals surface area (Å²) in [4.78, 5) is 15.4. The van der Waals surface area contributed by atoms with Crippen molar-refractivity contribution in [1.82, 2.24) is 34.9 Å². The molecule has 4 heterocycles. The smallest absolute Gasteiger partial charge is 0.297 e. The summed E-state index contributed by atoms with van der Waals surface area (Å²) in [5.41, 5.74) is 6.23. The van der Waals surface area contributed by atoms with Gasteiger partial charge in [-0.2, -0.15) is 5.10 Å². The number of methoxy groups -OCH3 is 2. The van der Waals surface area contributed by atoms with Gasteiger partial charge in [0.25, 0.3) is 6.43 Å². The molecule has 0 bridgehead atoms. The van der Waals surface area contributed by atoms with Gasteiger partial charge in [-0.3, -0.25) is 9.88 Å². The van der Waals surface area contributed by atoms with Crippen LogP contribution in [0.15, 0.2) is 67.0 Å². The largest absolute Gasteiger partial charge is 0.496 e. The van der Waals surface area contributed by atoms with E-state index in [9.17, 15) is 8.78 Å². The highest BCUT2D eigenvalue weighted by Gasteiger charge is 2.23.